The van der Waals surface area contributed by atoms with Gasteiger partial charge in [-0.15, -0.1) is 0 Å². The van der Waals surface area contributed by atoms with Gasteiger partial charge in [0.05, 0.1) is 0 Å². The maximum absolute atomic E-state index is 11.4. The van der Waals surface area contributed by atoms with Crippen molar-refractivity contribution in [1.82, 2.24) is 4.90 Å². The molecular formula is C14H19NO. The van der Waals surface area contributed by atoms with E-state index in [1.165, 1.54) is 5.56 Å². The van der Waals surface area contributed by atoms with Crippen molar-refractivity contribution in [3.05, 3.63) is 35.9 Å². The van der Waals surface area contributed by atoms with Crippen LogP contribution in [0.5, 0.6) is 0 Å². The molecule has 1 aliphatic heterocycles. The van der Waals surface area contributed by atoms with E-state index >= 15 is 0 Å². The molecule has 0 radical (unpaired) electrons. The minimum atomic E-state index is 0.262. The van der Waals surface area contributed by atoms with Gasteiger partial charge in [0.25, 0.3) is 0 Å². The molecule has 1 atom stereocenters. The molecule has 0 aliphatic carbocycles. The van der Waals surface area contributed by atoms with Gasteiger partial charge in [-0.3, -0.25) is 9.69 Å². The first-order valence-corrected chi connectivity index (χ1v) is 6.02. The van der Waals surface area contributed by atoms with Gasteiger partial charge in [0.1, 0.15) is 5.78 Å². The Morgan fingerprint density at radius 1 is 1.38 bits per heavy atom. The van der Waals surface area contributed by atoms with Gasteiger partial charge in [0.2, 0.25) is 0 Å². The van der Waals surface area contributed by atoms with Crippen LogP contribution in [0.25, 0.3) is 0 Å². The molecular weight excluding hydrogens is 198 g/mol. The Bertz CT molecular complexity index is 347. The number of hydrogen-bond acceptors (Lipinski definition) is 2. The van der Waals surface area contributed by atoms with Crippen molar-refractivity contribution in [1.29, 1.82) is 0 Å². The molecule has 86 valence electrons. The minimum Gasteiger partial charge on any atom is -0.300 e. The van der Waals surface area contributed by atoms with Crippen LogP contribution in [0.3, 0.4) is 0 Å². The maximum Gasteiger partial charge on any atom is 0.134 e. The van der Waals surface area contributed by atoms with E-state index in [-0.39, 0.29) is 5.92 Å². The predicted octanol–water partition coefficient (Wildman–Crippen LogP) is 2.49. The number of hydrogen-bond donors (Lipinski definition) is 0. The zero-order valence-corrected chi connectivity index (χ0v) is 9.86. The van der Waals surface area contributed by atoms with Crippen molar-refractivity contribution >= 4 is 5.78 Å². The fourth-order valence-electron chi connectivity index (χ4n) is 2.37. The van der Waals surface area contributed by atoms with Gasteiger partial charge in [-0.25, -0.2) is 0 Å². The molecule has 1 saturated heterocycles. The summed E-state index contributed by atoms with van der Waals surface area (Å²) >= 11 is 0. The second kappa shape index (κ2) is 5.26. The topological polar surface area (TPSA) is 20.3 Å². The molecule has 1 heterocycles. The van der Waals surface area contributed by atoms with E-state index in [0.29, 0.717) is 5.78 Å². The number of benzene rings is 1. The fourth-order valence-corrected chi connectivity index (χ4v) is 2.37. The lowest BCUT2D eigenvalue weighted by molar-refractivity contribution is -0.122. The van der Waals surface area contributed by atoms with Crippen molar-refractivity contribution in [2.45, 2.75) is 26.3 Å². The highest BCUT2D eigenvalue weighted by Gasteiger charge is 2.22. The van der Waals surface area contributed by atoms with Crippen LogP contribution in [0.4, 0.5) is 0 Å². The quantitative estimate of drug-likeness (QED) is 0.775. The monoisotopic (exact) mass is 217 g/mol. The summed E-state index contributed by atoms with van der Waals surface area (Å²) in [7, 11) is 0. The second-order valence-corrected chi connectivity index (χ2v) is 4.67. The number of Topliss-reactive ketones (excluding diaryl/α,β-unsaturated/α-hetero) is 1. The van der Waals surface area contributed by atoms with Crippen molar-refractivity contribution in [2.75, 3.05) is 13.1 Å². The van der Waals surface area contributed by atoms with Gasteiger partial charge < -0.3 is 0 Å². The van der Waals surface area contributed by atoms with Crippen LogP contribution in [0.2, 0.25) is 0 Å². The average Bonchev–Trinajstić information content (AvgIpc) is 2.30. The summed E-state index contributed by atoms with van der Waals surface area (Å²) in [5.74, 6) is 0.607. The first kappa shape index (κ1) is 11.3. The third-order valence-corrected chi connectivity index (χ3v) is 3.33. The smallest absolute Gasteiger partial charge is 0.134 e. The van der Waals surface area contributed by atoms with Crippen molar-refractivity contribution in [3.63, 3.8) is 0 Å². The molecule has 0 aromatic heterocycles. The number of carbonyl (C=O) groups excluding carboxylic acids is 1. The van der Waals surface area contributed by atoms with Gasteiger partial charge in [0, 0.05) is 19.0 Å². The molecule has 0 N–H and O–H groups in total. The van der Waals surface area contributed by atoms with Gasteiger partial charge in [0.15, 0.2) is 0 Å². The molecule has 1 fully saturated rings. The van der Waals surface area contributed by atoms with Crippen molar-refractivity contribution in [3.8, 4) is 0 Å². The Kier molecular flexibility index (Phi) is 3.73. The Morgan fingerprint density at radius 2 is 2.12 bits per heavy atom. The Hall–Kier alpha value is -1.15. The number of carbonyl (C=O) groups is 1. The van der Waals surface area contributed by atoms with Gasteiger partial charge in [-0.1, -0.05) is 30.3 Å². The summed E-state index contributed by atoms with van der Waals surface area (Å²) < 4.78 is 0. The Balaban J connectivity index is 1.93. The first-order chi connectivity index (χ1) is 7.75. The third kappa shape index (κ3) is 2.92. The standard InChI is InChI=1S/C14H19NO/c1-12(16)14-8-5-9-15(11-14)10-13-6-3-2-4-7-13/h2-4,6-7,14H,5,8-11H2,1H3/t14-/m0/s1. The summed E-state index contributed by atoms with van der Waals surface area (Å²) in [6.07, 6.45) is 2.22. The SMILES string of the molecule is CC(=O)[C@H]1CCCN(Cc2ccccc2)C1. The molecule has 0 unspecified atom stereocenters. The minimum absolute atomic E-state index is 0.262. The number of likely N-dealkylation sites (tertiary alicyclic amines) is 1. The van der Waals surface area contributed by atoms with E-state index in [0.717, 1.165) is 32.5 Å². The lowest BCUT2D eigenvalue weighted by atomic mass is 9.94. The molecule has 0 spiro atoms. The zero-order chi connectivity index (χ0) is 11.4. The predicted molar refractivity (Wildman–Crippen MR) is 65.1 cm³/mol. The molecule has 0 bridgehead atoms. The molecule has 1 aliphatic rings. The molecule has 2 heteroatoms. The maximum atomic E-state index is 11.4. The van der Waals surface area contributed by atoms with Gasteiger partial charge in [-0.2, -0.15) is 0 Å². The largest absolute Gasteiger partial charge is 0.300 e. The highest BCUT2D eigenvalue weighted by molar-refractivity contribution is 5.78. The van der Waals surface area contributed by atoms with Crippen LogP contribution in [0.1, 0.15) is 25.3 Å². The van der Waals surface area contributed by atoms with Crippen LogP contribution in [-0.4, -0.2) is 23.8 Å². The molecule has 1 aromatic rings. The number of rotatable bonds is 3. The van der Waals surface area contributed by atoms with E-state index in [4.69, 9.17) is 0 Å². The second-order valence-electron chi connectivity index (χ2n) is 4.67. The molecule has 0 amide bonds. The number of piperidine rings is 1. The number of ketones is 1. The van der Waals surface area contributed by atoms with Crippen molar-refractivity contribution < 1.29 is 4.79 Å². The summed E-state index contributed by atoms with van der Waals surface area (Å²) in [5.41, 5.74) is 1.34. The average molecular weight is 217 g/mol. The number of nitrogens with zero attached hydrogens (tertiary/aromatic N) is 1. The summed E-state index contributed by atoms with van der Waals surface area (Å²) in [5, 5.41) is 0. The lowest BCUT2D eigenvalue weighted by Crippen LogP contribution is -2.37. The zero-order valence-electron chi connectivity index (χ0n) is 9.86. The third-order valence-electron chi connectivity index (χ3n) is 3.33. The van der Waals surface area contributed by atoms with Gasteiger partial charge >= 0.3 is 0 Å². The van der Waals surface area contributed by atoms with Crippen molar-refractivity contribution in [2.24, 2.45) is 5.92 Å². The van der Waals surface area contributed by atoms with Crippen LogP contribution >= 0.6 is 0 Å². The van der Waals surface area contributed by atoms with E-state index in [1.807, 2.05) is 6.07 Å². The summed E-state index contributed by atoms with van der Waals surface area (Å²) in [6.45, 7) is 4.75. The van der Waals surface area contributed by atoms with Crippen LogP contribution in [-0.2, 0) is 11.3 Å². The van der Waals surface area contributed by atoms with Crippen LogP contribution in [0.15, 0.2) is 30.3 Å². The highest BCUT2D eigenvalue weighted by atomic mass is 16.1. The molecule has 16 heavy (non-hydrogen) atoms. The first-order valence-electron chi connectivity index (χ1n) is 6.02. The highest BCUT2D eigenvalue weighted by Crippen LogP contribution is 2.19. The summed E-state index contributed by atoms with van der Waals surface area (Å²) in [6, 6.07) is 10.5. The summed E-state index contributed by atoms with van der Waals surface area (Å²) in [4.78, 5) is 13.8. The van der Waals surface area contributed by atoms with Crippen LogP contribution < -0.4 is 0 Å². The molecule has 0 saturated carbocycles. The van der Waals surface area contributed by atoms with E-state index in [2.05, 4.69) is 29.2 Å². The molecule has 1 aromatic carbocycles. The lowest BCUT2D eigenvalue weighted by Gasteiger charge is -2.31. The Labute approximate surface area is 97.3 Å². The van der Waals surface area contributed by atoms with E-state index in [9.17, 15) is 4.79 Å². The van der Waals surface area contributed by atoms with E-state index in [1.54, 1.807) is 6.92 Å². The molecule has 2 nitrogen and oxygen atoms in total. The molecule has 2 rings (SSSR count). The Morgan fingerprint density at radius 3 is 2.81 bits per heavy atom. The van der Waals surface area contributed by atoms with E-state index < -0.39 is 0 Å². The van der Waals surface area contributed by atoms with Crippen LogP contribution in [0, 0.1) is 5.92 Å². The van der Waals surface area contributed by atoms with Gasteiger partial charge in [-0.05, 0) is 31.9 Å². The normalized spacial score (nSPS) is 21.9. The fraction of sp³-hybridized carbons (Fsp3) is 0.500.